The molecule has 0 radical (unpaired) electrons. The van der Waals surface area contributed by atoms with E-state index >= 15 is 0 Å². The molecule has 3 nitrogen and oxygen atoms in total. The van der Waals surface area contributed by atoms with E-state index in [9.17, 15) is 0 Å². The van der Waals surface area contributed by atoms with Crippen LogP contribution in [0.15, 0.2) is 23.1 Å². The lowest BCUT2D eigenvalue weighted by Crippen LogP contribution is -2.12. The van der Waals surface area contributed by atoms with Crippen LogP contribution in [-0.4, -0.2) is 26.0 Å². The normalized spacial score (nSPS) is 12.3. The standard InChI is InChI=1S/C11H17NO2S/c1-8(7-12)15-11-5-4-9(13-2)6-10(11)14-3/h4-6,8H,7,12H2,1-3H3. The number of thioether (sulfide) groups is 1. The average Bonchev–Trinajstić information content (AvgIpc) is 2.29. The smallest absolute Gasteiger partial charge is 0.136 e. The van der Waals surface area contributed by atoms with Gasteiger partial charge in [-0.2, -0.15) is 0 Å². The van der Waals surface area contributed by atoms with Crippen LogP contribution in [0.4, 0.5) is 0 Å². The highest BCUT2D eigenvalue weighted by atomic mass is 32.2. The summed E-state index contributed by atoms with van der Waals surface area (Å²) < 4.78 is 10.4. The molecule has 0 fully saturated rings. The first kappa shape index (κ1) is 12.2. The van der Waals surface area contributed by atoms with Gasteiger partial charge in [-0.25, -0.2) is 0 Å². The fraction of sp³-hybridized carbons (Fsp3) is 0.455. The molecule has 84 valence electrons. The zero-order chi connectivity index (χ0) is 11.3. The number of nitrogens with two attached hydrogens (primary N) is 1. The van der Waals surface area contributed by atoms with Crippen molar-refractivity contribution in [2.24, 2.45) is 5.73 Å². The van der Waals surface area contributed by atoms with Crippen molar-refractivity contribution < 1.29 is 9.47 Å². The molecule has 1 unspecified atom stereocenters. The molecular weight excluding hydrogens is 210 g/mol. The summed E-state index contributed by atoms with van der Waals surface area (Å²) in [5.74, 6) is 1.64. The van der Waals surface area contributed by atoms with Gasteiger partial charge in [0.15, 0.2) is 0 Å². The molecule has 0 saturated carbocycles. The van der Waals surface area contributed by atoms with Crippen LogP contribution in [0, 0.1) is 0 Å². The van der Waals surface area contributed by atoms with Crippen molar-refractivity contribution >= 4 is 11.8 Å². The maximum Gasteiger partial charge on any atom is 0.136 e. The summed E-state index contributed by atoms with van der Waals surface area (Å²) >= 11 is 1.71. The third kappa shape index (κ3) is 3.32. The summed E-state index contributed by atoms with van der Waals surface area (Å²) in [6.45, 7) is 2.74. The van der Waals surface area contributed by atoms with E-state index in [1.165, 1.54) is 0 Å². The lowest BCUT2D eigenvalue weighted by molar-refractivity contribution is 0.387. The number of methoxy groups -OCH3 is 2. The Balaban J connectivity index is 2.87. The molecule has 0 aliphatic rings. The van der Waals surface area contributed by atoms with Crippen LogP contribution in [0.2, 0.25) is 0 Å². The highest BCUT2D eigenvalue weighted by molar-refractivity contribution is 8.00. The molecule has 15 heavy (non-hydrogen) atoms. The molecule has 4 heteroatoms. The van der Waals surface area contributed by atoms with Crippen LogP contribution in [0.25, 0.3) is 0 Å². The molecule has 0 saturated heterocycles. The zero-order valence-electron chi connectivity index (χ0n) is 9.32. The molecule has 0 aromatic heterocycles. The van der Waals surface area contributed by atoms with Crippen molar-refractivity contribution in [3.05, 3.63) is 18.2 Å². The summed E-state index contributed by atoms with van der Waals surface area (Å²) in [6.07, 6.45) is 0. The van der Waals surface area contributed by atoms with Crippen molar-refractivity contribution in [1.82, 2.24) is 0 Å². The molecule has 1 rings (SSSR count). The average molecular weight is 227 g/mol. The summed E-state index contributed by atoms with van der Waals surface area (Å²) in [4.78, 5) is 1.09. The number of ether oxygens (including phenoxy) is 2. The first-order valence-corrected chi connectivity index (χ1v) is 5.68. The number of rotatable bonds is 5. The first-order valence-electron chi connectivity index (χ1n) is 4.80. The van der Waals surface area contributed by atoms with Gasteiger partial charge in [-0.3, -0.25) is 0 Å². The fourth-order valence-corrected chi connectivity index (χ4v) is 2.07. The van der Waals surface area contributed by atoms with Gasteiger partial charge in [0.1, 0.15) is 11.5 Å². The van der Waals surface area contributed by atoms with Gasteiger partial charge in [0, 0.05) is 22.8 Å². The Hall–Kier alpha value is -0.870. The monoisotopic (exact) mass is 227 g/mol. The van der Waals surface area contributed by atoms with Crippen molar-refractivity contribution in [1.29, 1.82) is 0 Å². The Morgan fingerprint density at radius 3 is 2.60 bits per heavy atom. The Morgan fingerprint density at radius 1 is 1.33 bits per heavy atom. The van der Waals surface area contributed by atoms with E-state index in [4.69, 9.17) is 15.2 Å². The van der Waals surface area contributed by atoms with Crippen LogP contribution >= 0.6 is 11.8 Å². The number of hydrogen-bond acceptors (Lipinski definition) is 4. The molecule has 0 aliphatic carbocycles. The van der Waals surface area contributed by atoms with Gasteiger partial charge in [-0.15, -0.1) is 11.8 Å². The molecule has 0 heterocycles. The van der Waals surface area contributed by atoms with Crippen molar-refractivity contribution in [3.63, 3.8) is 0 Å². The molecular formula is C11H17NO2S. The van der Waals surface area contributed by atoms with Gasteiger partial charge >= 0.3 is 0 Å². The lowest BCUT2D eigenvalue weighted by Gasteiger charge is -2.12. The molecule has 1 atom stereocenters. The van der Waals surface area contributed by atoms with E-state index < -0.39 is 0 Å². The fourth-order valence-electron chi connectivity index (χ4n) is 1.14. The van der Waals surface area contributed by atoms with Gasteiger partial charge in [0.05, 0.1) is 14.2 Å². The third-order valence-electron chi connectivity index (χ3n) is 2.03. The SMILES string of the molecule is COc1ccc(SC(C)CN)c(OC)c1. The minimum atomic E-state index is 0.382. The van der Waals surface area contributed by atoms with Gasteiger partial charge in [0.25, 0.3) is 0 Å². The van der Waals surface area contributed by atoms with Crippen molar-refractivity contribution in [2.45, 2.75) is 17.1 Å². The first-order chi connectivity index (χ1) is 7.21. The van der Waals surface area contributed by atoms with Crippen LogP contribution in [0.1, 0.15) is 6.92 Å². The Labute approximate surface area is 94.9 Å². The summed E-state index contributed by atoms with van der Waals surface area (Å²) in [5, 5.41) is 0.382. The molecule has 0 aliphatic heterocycles. The second-order valence-corrected chi connectivity index (χ2v) is 4.66. The second-order valence-electron chi connectivity index (χ2n) is 3.18. The van der Waals surface area contributed by atoms with Gasteiger partial charge < -0.3 is 15.2 Å². The quantitative estimate of drug-likeness (QED) is 0.783. The highest BCUT2D eigenvalue weighted by Crippen LogP contribution is 2.34. The highest BCUT2D eigenvalue weighted by Gasteiger charge is 2.08. The van der Waals surface area contributed by atoms with Crippen molar-refractivity contribution in [2.75, 3.05) is 20.8 Å². The van der Waals surface area contributed by atoms with E-state index in [1.54, 1.807) is 26.0 Å². The lowest BCUT2D eigenvalue weighted by atomic mass is 10.3. The molecule has 1 aromatic carbocycles. The predicted molar refractivity (Wildman–Crippen MR) is 63.9 cm³/mol. The van der Waals surface area contributed by atoms with Crippen LogP contribution in [-0.2, 0) is 0 Å². The molecule has 0 bridgehead atoms. The third-order valence-corrected chi connectivity index (χ3v) is 3.22. The second kappa shape index (κ2) is 5.88. The van der Waals surface area contributed by atoms with E-state index in [2.05, 4.69) is 6.92 Å². The minimum Gasteiger partial charge on any atom is -0.497 e. The van der Waals surface area contributed by atoms with Gasteiger partial charge in [-0.05, 0) is 12.1 Å². The van der Waals surface area contributed by atoms with Gasteiger partial charge in [-0.1, -0.05) is 6.92 Å². The van der Waals surface area contributed by atoms with E-state index in [0.29, 0.717) is 11.8 Å². The van der Waals surface area contributed by atoms with E-state index in [1.807, 2.05) is 18.2 Å². The maximum absolute atomic E-state index is 5.58. The topological polar surface area (TPSA) is 44.5 Å². The van der Waals surface area contributed by atoms with Crippen LogP contribution in [0.3, 0.4) is 0 Å². The van der Waals surface area contributed by atoms with Gasteiger partial charge in [0.2, 0.25) is 0 Å². The van der Waals surface area contributed by atoms with Crippen LogP contribution in [0.5, 0.6) is 11.5 Å². The number of hydrogen-bond donors (Lipinski definition) is 1. The molecule has 0 amide bonds. The molecule has 1 aromatic rings. The largest absolute Gasteiger partial charge is 0.497 e. The maximum atomic E-state index is 5.58. The minimum absolute atomic E-state index is 0.382. The Bertz CT molecular complexity index is 317. The Kier molecular flexibility index (Phi) is 4.78. The molecule has 2 N–H and O–H groups in total. The summed E-state index contributed by atoms with van der Waals surface area (Å²) in [6, 6.07) is 5.80. The van der Waals surface area contributed by atoms with E-state index in [-0.39, 0.29) is 0 Å². The summed E-state index contributed by atoms with van der Waals surface area (Å²) in [5.41, 5.74) is 5.58. The van der Waals surface area contributed by atoms with E-state index in [0.717, 1.165) is 16.4 Å². The summed E-state index contributed by atoms with van der Waals surface area (Å²) in [7, 11) is 3.30. The molecule has 0 spiro atoms. The zero-order valence-corrected chi connectivity index (χ0v) is 10.1. The Morgan fingerprint density at radius 2 is 2.07 bits per heavy atom. The predicted octanol–water partition coefficient (Wildman–Crippen LogP) is 2.14. The van der Waals surface area contributed by atoms with Crippen molar-refractivity contribution in [3.8, 4) is 11.5 Å². The van der Waals surface area contributed by atoms with Crippen LogP contribution < -0.4 is 15.2 Å². The number of benzene rings is 1.